The fraction of sp³-hybridized carbons (Fsp3) is 0.250. The van der Waals surface area contributed by atoms with Gasteiger partial charge in [-0.1, -0.05) is 53.4 Å². The van der Waals surface area contributed by atoms with E-state index in [0.29, 0.717) is 10.0 Å². The van der Waals surface area contributed by atoms with Crippen LogP contribution in [-0.2, 0) is 4.79 Å². The molecule has 0 aliphatic rings. The summed E-state index contributed by atoms with van der Waals surface area (Å²) in [5.74, 6) is 0.794. The van der Waals surface area contributed by atoms with Crippen LogP contribution in [-0.4, -0.2) is 32.5 Å². The molecule has 1 heterocycles. The van der Waals surface area contributed by atoms with Crippen molar-refractivity contribution >= 4 is 63.7 Å². The largest absolute Gasteiger partial charge is 0.324 e. The Balaban J connectivity index is 1.90. The Morgan fingerprint density at radius 1 is 1.39 bits per heavy atom. The number of carbonyl (C=O) groups is 1. The van der Waals surface area contributed by atoms with Crippen LogP contribution in [0.4, 0.5) is 11.4 Å². The van der Waals surface area contributed by atoms with Gasteiger partial charge in [0, 0.05) is 12.1 Å². The molecule has 1 amide bonds. The van der Waals surface area contributed by atoms with Crippen molar-refractivity contribution in [3.63, 3.8) is 0 Å². The van der Waals surface area contributed by atoms with E-state index >= 15 is 0 Å². The van der Waals surface area contributed by atoms with Crippen molar-refractivity contribution in [2.24, 2.45) is 0 Å². The zero-order valence-electron chi connectivity index (χ0n) is 11.8. The van der Waals surface area contributed by atoms with E-state index in [1.54, 1.807) is 11.8 Å². The molecular weight excluding hydrogens is 380 g/mol. The Bertz CT molecular complexity index is 725. The molecule has 0 bridgehead atoms. The van der Waals surface area contributed by atoms with E-state index < -0.39 is 4.92 Å². The maximum atomic E-state index is 11.9. The van der Waals surface area contributed by atoms with Crippen molar-refractivity contribution < 1.29 is 9.72 Å². The van der Waals surface area contributed by atoms with Crippen LogP contribution in [0.15, 0.2) is 26.9 Å². The molecule has 23 heavy (non-hydrogen) atoms. The Morgan fingerprint density at radius 2 is 2.09 bits per heavy atom. The Morgan fingerprint density at radius 3 is 2.70 bits per heavy atom. The molecular formula is C12H11ClN4O3S3. The number of nitro groups is 1. The van der Waals surface area contributed by atoms with Gasteiger partial charge in [-0.15, -0.1) is 10.2 Å². The van der Waals surface area contributed by atoms with Crippen LogP contribution in [0.2, 0.25) is 5.02 Å². The number of nitrogens with zero attached hydrogens (tertiary/aromatic N) is 3. The number of halogens is 1. The molecule has 11 heteroatoms. The summed E-state index contributed by atoms with van der Waals surface area (Å²) in [6.07, 6.45) is 0. The van der Waals surface area contributed by atoms with Crippen LogP contribution in [0.5, 0.6) is 0 Å². The van der Waals surface area contributed by atoms with Gasteiger partial charge in [-0.05, 0) is 11.8 Å². The highest BCUT2D eigenvalue weighted by atomic mass is 35.5. The Kier molecular flexibility index (Phi) is 6.63. The van der Waals surface area contributed by atoms with Gasteiger partial charge in [0.1, 0.15) is 0 Å². The number of nitrogens with one attached hydrogen (secondary N) is 1. The molecule has 1 aromatic heterocycles. The van der Waals surface area contributed by atoms with Crippen LogP contribution >= 0.6 is 46.5 Å². The summed E-state index contributed by atoms with van der Waals surface area (Å²) in [7, 11) is 0. The van der Waals surface area contributed by atoms with Crippen LogP contribution < -0.4 is 5.32 Å². The zero-order chi connectivity index (χ0) is 16.8. The van der Waals surface area contributed by atoms with Gasteiger partial charge in [-0.3, -0.25) is 14.9 Å². The topological polar surface area (TPSA) is 98.0 Å². The molecule has 1 N–H and O–H groups in total. The van der Waals surface area contributed by atoms with Crippen LogP contribution in [0.1, 0.15) is 6.92 Å². The van der Waals surface area contributed by atoms with Gasteiger partial charge in [0.2, 0.25) is 5.91 Å². The Labute approximate surface area is 149 Å². The highest BCUT2D eigenvalue weighted by Crippen LogP contribution is 2.29. The maximum Gasteiger partial charge on any atom is 0.271 e. The third-order valence-electron chi connectivity index (χ3n) is 2.42. The predicted molar refractivity (Wildman–Crippen MR) is 93.8 cm³/mol. The minimum Gasteiger partial charge on any atom is -0.324 e. The lowest BCUT2D eigenvalue weighted by molar-refractivity contribution is -0.384. The minimum atomic E-state index is -0.547. The quantitative estimate of drug-likeness (QED) is 0.434. The molecule has 0 aliphatic heterocycles. The smallest absolute Gasteiger partial charge is 0.271 e. The van der Waals surface area contributed by atoms with Crippen LogP contribution in [0.25, 0.3) is 0 Å². The lowest BCUT2D eigenvalue weighted by atomic mass is 10.3. The predicted octanol–water partition coefficient (Wildman–Crippen LogP) is 3.94. The molecule has 7 nitrogen and oxygen atoms in total. The number of amides is 1. The van der Waals surface area contributed by atoms with Crippen molar-refractivity contribution in [2.75, 3.05) is 16.8 Å². The third kappa shape index (κ3) is 5.34. The average Bonchev–Trinajstić information content (AvgIpc) is 2.95. The van der Waals surface area contributed by atoms with Crippen molar-refractivity contribution in [1.82, 2.24) is 10.2 Å². The molecule has 1 aromatic carbocycles. The number of non-ortho nitro benzene ring substituents is 1. The number of hydrogen-bond acceptors (Lipinski definition) is 8. The highest BCUT2D eigenvalue weighted by molar-refractivity contribution is 8.03. The lowest BCUT2D eigenvalue weighted by Crippen LogP contribution is -2.14. The number of aromatic nitrogens is 2. The number of nitro benzene ring substituents is 1. The van der Waals surface area contributed by atoms with Crippen LogP contribution in [0.3, 0.4) is 0 Å². The summed E-state index contributed by atoms with van der Waals surface area (Å²) >= 11 is 10.2. The number of thioether (sulfide) groups is 2. The molecule has 122 valence electrons. The summed E-state index contributed by atoms with van der Waals surface area (Å²) in [4.78, 5) is 22.0. The summed E-state index contributed by atoms with van der Waals surface area (Å²) in [5.41, 5.74) is 0.208. The van der Waals surface area contributed by atoms with E-state index in [9.17, 15) is 14.9 Å². The molecule has 2 aromatic rings. The van der Waals surface area contributed by atoms with Gasteiger partial charge in [-0.25, -0.2) is 0 Å². The first kappa shape index (κ1) is 18.0. The maximum absolute atomic E-state index is 11.9. The van der Waals surface area contributed by atoms with E-state index in [2.05, 4.69) is 15.5 Å². The molecule has 0 saturated heterocycles. The molecule has 0 aliphatic carbocycles. The Hall–Kier alpha value is -1.36. The average molecular weight is 391 g/mol. The van der Waals surface area contributed by atoms with Gasteiger partial charge >= 0.3 is 0 Å². The van der Waals surface area contributed by atoms with Gasteiger partial charge in [0.05, 0.1) is 21.4 Å². The van der Waals surface area contributed by atoms with Crippen molar-refractivity contribution in [1.29, 1.82) is 0 Å². The van der Waals surface area contributed by atoms with Crippen molar-refractivity contribution in [3.05, 3.63) is 33.3 Å². The lowest BCUT2D eigenvalue weighted by Gasteiger charge is -2.06. The zero-order valence-corrected chi connectivity index (χ0v) is 15.0. The van der Waals surface area contributed by atoms with E-state index in [1.165, 1.54) is 41.3 Å². The molecule has 0 unspecified atom stereocenters. The number of rotatable bonds is 7. The fourth-order valence-corrected chi connectivity index (χ4v) is 4.41. The first-order valence-corrected chi connectivity index (χ1v) is 9.49. The van der Waals surface area contributed by atoms with E-state index in [0.717, 1.165) is 10.1 Å². The summed E-state index contributed by atoms with van der Waals surface area (Å²) in [6.45, 7) is 2.03. The molecule has 0 atom stereocenters. The van der Waals surface area contributed by atoms with E-state index in [4.69, 9.17) is 11.6 Å². The molecule has 0 radical (unpaired) electrons. The summed E-state index contributed by atoms with van der Waals surface area (Å²) < 4.78 is 1.58. The third-order valence-corrected chi connectivity index (χ3v) is 5.80. The standard InChI is InChI=1S/C12H11ClN4O3S3/c1-2-21-11-15-16-12(23-11)22-6-10(18)14-9-4-3-7(17(19)20)5-8(9)13/h3-5H,2,6H2,1H3,(H,14,18). The SMILES string of the molecule is CCSc1nnc(SCC(=O)Nc2ccc([N+](=O)[O-])cc2Cl)s1. The monoisotopic (exact) mass is 390 g/mol. The molecule has 0 saturated carbocycles. The molecule has 0 spiro atoms. The second kappa shape index (κ2) is 8.48. The van der Waals surface area contributed by atoms with Gasteiger partial charge in [-0.2, -0.15) is 0 Å². The van der Waals surface area contributed by atoms with Gasteiger partial charge < -0.3 is 5.32 Å². The second-order valence-corrected chi connectivity index (χ2v) is 8.14. The normalized spacial score (nSPS) is 10.5. The number of anilines is 1. The van der Waals surface area contributed by atoms with E-state index in [-0.39, 0.29) is 22.4 Å². The minimum absolute atomic E-state index is 0.120. The fourth-order valence-electron chi connectivity index (χ4n) is 1.47. The van der Waals surface area contributed by atoms with Crippen LogP contribution in [0, 0.1) is 10.1 Å². The number of carbonyl (C=O) groups excluding carboxylic acids is 1. The van der Waals surface area contributed by atoms with Crippen molar-refractivity contribution in [3.8, 4) is 0 Å². The van der Waals surface area contributed by atoms with Gasteiger partial charge in [0.15, 0.2) is 8.68 Å². The summed E-state index contributed by atoms with van der Waals surface area (Å²) in [6, 6.07) is 3.89. The first-order valence-electron chi connectivity index (χ1n) is 6.32. The first-order chi connectivity index (χ1) is 11.0. The second-order valence-electron chi connectivity index (χ2n) is 4.03. The number of hydrogen-bond donors (Lipinski definition) is 1. The molecule has 0 fully saturated rings. The molecule has 2 rings (SSSR count). The van der Waals surface area contributed by atoms with Crippen molar-refractivity contribution in [2.45, 2.75) is 15.6 Å². The van der Waals surface area contributed by atoms with Gasteiger partial charge in [0.25, 0.3) is 5.69 Å². The van der Waals surface area contributed by atoms with E-state index in [1.807, 2.05) is 6.92 Å². The summed E-state index contributed by atoms with van der Waals surface area (Å²) in [5, 5.41) is 21.4. The highest BCUT2D eigenvalue weighted by Gasteiger charge is 2.13. The number of benzene rings is 1.